The first-order valence-electron chi connectivity index (χ1n) is 6.29. The maximum Gasteiger partial charge on any atom is 0.107 e. The first kappa shape index (κ1) is 11.9. The number of nitrogens with zero attached hydrogens (tertiary/aromatic N) is 2. The Hall–Kier alpha value is -1.13. The molecule has 0 spiro atoms. The number of rotatable bonds is 3. The van der Waals surface area contributed by atoms with Gasteiger partial charge in [0.15, 0.2) is 0 Å². The van der Waals surface area contributed by atoms with Gasteiger partial charge in [0.1, 0.15) is 5.82 Å². The summed E-state index contributed by atoms with van der Waals surface area (Å²) in [5.74, 6) is 1.08. The molecule has 1 aliphatic rings. The molecule has 0 saturated carbocycles. The van der Waals surface area contributed by atoms with E-state index in [4.69, 9.17) is 0 Å². The van der Waals surface area contributed by atoms with Crippen molar-refractivity contribution in [2.45, 2.75) is 19.4 Å². The average molecular weight is 306 g/mol. The van der Waals surface area contributed by atoms with Crippen molar-refractivity contribution in [3.63, 3.8) is 0 Å². The second-order valence-electron chi connectivity index (χ2n) is 4.73. The van der Waals surface area contributed by atoms with Gasteiger partial charge in [-0.25, -0.2) is 4.98 Å². The van der Waals surface area contributed by atoms with Crippen LogP contribution in [0.4, 0.5) is 0 Å². The number of halogens is 1. The molecule has 1 N–H and O–H groups in total. The molecule has 0 fully saturated rings. The molecule has 0 amide bonds. The van der Waals surface area contributed by atoms with E-state index in [2.05, 4.69) is 49.0 Å². The molecule has 0 bridgehead atoms. The van der Waals surface area contributed by atoms with Gasteiger partial charge in [-0.1, -0.05) is 22.0 Å². The number of aromatic nitrogens is 2. The molecule has 3 rings (SSSR count). The molecule has 2 heterocycles. The van der Waals surface area contributed by atoms with Gasteiger partial charge in [0.25, 0.3) is 0 Å². The summed E-state index contributed by atoms with van der Waals surface area (Å²) < 4.78 is 1.18. The summed E-state index contributed by atoms with van der Waals surface area (Å²) in [6, 6.07) is 6.62. The lowest BCUT2D eigenvalue weighted by atomic mass is 10.00. The van der Waals surface area contributed by atoms with Crippen molar-refractivity contribution < 1.29 is 0 Å². The maximum atomic E-state index is 4.27. The van der Waals surface area contributed by atoms with Gasteiger partial charge in [-0.3, -0.25) is 4.90 Å². The SMILES string of the molecule is Brc1ccc2c(c1)CN(CCc1ncc[nH]1)CC2. The highest BCUT2D eigenvalue weighted by molar-refractivity contribution is 9.10. The van der Waals surface area contributed by atoms with Crippen molar-refractivity contribution >= 4 is 15.9 Å². The highest BCUT2D eigenvalue weighted by Crippen LogP contribution is 2.22. The van der Waals surface area contributed by atoms with Gasteiger partial charge in [0, 0.05) is 42.9 Å². The third kappa shape index (κ3) is 2.65. The van der Waals surface area contributed by atoms with E-state index >= 15 is 0 Å². The van der Waals surface area contributed by atoms with Gasteiger partial charge >= 0.3 is 0 Å². The summed E-state index contributed by atoms with van der Waals surface area (Å²) >= 11 is 3.55. The molecule has 0 saturated heterocycles. The number of fused-ring (bicyclic) bond motifs is 1. The smallest absolute Gasteiger partial charge is 0.107 e. The number of benzene rings is 1. The van der Waals surface area contributed by atoms with Crippen LogP contribution in [0.2, 0.25) is 0 Å². The first-order valence-corrected chi connectivity index (χ1v) is 7.08. The van der Waals surface area contributed by atoms with E-state index in [1.54, 1.807) is 0 Å². The normalized spacial score (nSPS) is 15.6. The van der Waals surface area contributed by atoms with Crippen molar-refractivity contribution in [1.29, 1.82) is 0 Å². The second-order valence-corrected chi connectivity index (χ2v) is 5.64. The third-order valence-corrected chi connectivity index (χ3v) is 3.97. The van der Waals surface area contributed by atoms with Gasteiger partial charge in [0.2, 0.25) is 0 Å². The molecule has 0 atom stereocenters. The highest BCUT2D eigenvalue weighted by Gasteiger charge is 2.16. The van der Waals surface area contributed by atoms with Crippen LogP contribution >= 0.6 is 15.9 Å². The van der Waals surface area contributed by atoms with Crippen LogP contribution in [0.15, 0.2) is 35.1 Å². The number of H-pyrrole nitrogens is 1. The molecule has 1 aromatic carbocycles. The molecule has 94 valence electrons. The molecular formula is C14H16BrN3. The summed E-state index contributed by atoms with van der Waals surface area (Å²) in [5.41, 5.74) is 2.95. The molecule has 1 aliphatic heterocycles. The van der Waals surface area contributed by atoms with E-state index in [1.807, 2.05) is 12.4 Å². The lowest BCUT2D eigenvalue weighted by molar-refractivity contribution is 0.256. The zero-order chi connectivity index (χ0) is 12.4. The van der Waals surface area contributed by atoms with E-state index in [1.165, 1.54) is 15.6 Å². The summed E-state index contributed by atoms with van der Waals surface area (Å²) in [5, 5.41) is 0. The van der Waals surface area contributed by atoms with Gasteiger partial charge < -0.3 is 4.98 Å². The van der Waals surface area contributed by atoms with Crippen LogP contribution < -0.4 is 0 Å². The zero-order valence-corrected chi connectivity index (χ0v) is 11.8. The molecule has 18 heavy (non-hydrogen) atoms. The van der Waals surface area contributed by atoms with Crippen LogP contribution in [0.1, 0.15) is 17.0 Å². The number of imidazole rings is 1. The Morgan fingerprint density at radius 1 is 1.33 bits per heavy atom. The van der Waals surface area contributed by atoms with E-state index in [9.17, 15) is 0 Å². The van der Waals surface area contributed by atoms with E-state index in [-0.39, 0.29) is 0 Å². The molecule has 0 unspecified atom stereocenters. The zero-order valence-electron chi connectivity index (χ0n) is 10.2. The lowest BCUT2D eigenvalue weighted by Crippen LogP contribution is -2.32. The molecular weight excluding hydrogens is 290 g/mol. The minimum atomic E-state index is 0.996. The van der Waals surface area contributed by atoms with Crippen LogP contribution in [-0.2, 0) is 19.4 Å². The van der Waals surface area contributed by atoms with Gasteiger partial charge in [0.05, 0.1) is 0 Å². The van der Waals surface area contributed by atoms with Crippen molar-refractivity contribution in [2.24, 2.45) is 0 Å². The predicted octanol–water partition coefficient (Wildman–Crippen LogP) is 2.77. The maximum absolute atomic E-state index is 4.27. The number of hydrogen-bond acceptors (Lipinski definition) is 2. The quantitative estimate of drug-likeness (QED) is 0.945. The third-order valence-electron chi connectivity index (χ3n) is 3.48. The predicted molar refractivity (Wildman–Crippen MR) is 75.4 cm³/mol. The molecule has 3 nitrogen and oxygen atoms in total. The van der Waals surface area contributed by atoms with Crippen LogP contribution in [-0.4, -0.2) is 28.0 Å². The Morgan fingerprint density at radius 2 is 2.28 bits per heavy atom. The van der Waals surface area contributed by atoms with E-state index < -0.39 is 0 Å². The number of nitrogens with one attached hydrogen (secondary N) is 1. The van der Waals surface area contributed by atoms with Crippen molar-refractivity contribution in [1.82, 2.24) is 14.9 Å². The average Bonchev–Trinajstić information content (AvgIpc) is 2.89. The lowest BCUT2D eigenvalue weighted by Gasteiger charge is -2.28. The first-order chi connectivity index (χ1) is 8.81. The van der Waals surface area contributed by atoms with Crippen LogP contribution in [0, 0.1) is 0 Å². The summed E-state index contributed by atoms with van der Waals surface area (Å²) in [6.45, 7) is 3.27. The largest absolute Gasteiger partial charge is 0.349 e. The minimum Gasteiger partial charge on any atom is -0.349 e. The van der Waals surface area contributed by atoms with Gasteiger partial charge in [-0.05, 0) is 29.7 Å². The Bertz CT molecular complexity index is 522. The summed E-state index contributed by atoms with van der Waals surface area (Å²) in [6.07, 6.45) is 5.85. The van der Waals surface area contributed by atoms with Gasteiger partial charge in [-0.2, -0.15) is 0 Å². The fourth-order valence-corrected chi connectivity index (χ4v) is 2.88. The van der Waals surface area contributed by atoms with Crippen LogP contribution in [0.25, 0.3) is 0 Å². The Morgan fingerprint density at radius 3 is 3.11 bits per heavy atom. The van der Waals surface area contributed by atoms with Crippen LogP contribution in [0.3, 0.4) is 0 Å². The molecule has 0 radical (unpaired) electrons. The Balaban J connectivity index is 1.63. The summed E-state index contributed by atoms with van der Waals surface area (Å²) in [7, 11) is 0. The highest BCUT2D eigenvalue weighted by atomic mass is 79.9. The second kappa shape index (κ2) is 5.24. The fourth-order valence-electron chi connectivity index (χ4n) is 2.47. The van der Waals surface area contributed by atoms with Crippen LogP contribution in [0.5, 0.6) is 0 Å². The molecule has 4 heteroatoms. The standard InChI is InChI=1S/C14H16BrN3/c15-13-2-1-11-3-7-18(10-12(11)9-13)8-4-14-16-5-6-17-14/h1-2,5-6,9H,3-4,7-8,10H2,(H,16,17). The van der Waals surface area contributed by atoms with E-state index in [0.717, 1.165) is 38.3 Å². The molecule has 2 aromatic rings. The summed E-state index contributed by atoms with van der Waals surface area (Å²) in [4.78, 5) is 9.93. The Labute approximate surface area is 115 Å². The molecule has 1 aromatic heterocycles. The molecule has 0 aliphatic carbocycles. The van der Waals surface area contributed by atoms with Crippen molar-refractivity contribution in [3.05, 3.63) is 52.0 Å². The number of hydrogen-bond donors (Lipinski definition) is 1. The van der Waals surface area contributed by atoms with Crippen molar-refractivity contribution in [2.75, 3.05) is 13.1 Å². The fraction of sp³-hybridized carbons (Fsp3) is 0.357. The minimum absolute atomic E-state index is 0.996. The van der Waals surface area contributed by atoms with E-state index in [0.29, 0.717) is 0 Å². The topological polar surface area (TPSA) is 31.9 Å². The monoisotopic (exact) mass is 305 g/mol. The number of aromatic amines is 1. The van der Waals surface area contributed by atoms with Gasteiger partial charge in [-0.15, -0.1) is 0 Å². The van der Waals surface area contributed by atoms with Crippen molar-refractivity contribution in [3.8, 4) is 0 Å². The Kier molecular flexibility index (Phi) is 3.48.